The molecule has 1 N–H and O–H groups in total. The highest BCUT2D eigenvalue weighted by molar-refractivity contribution is 8.14. The summed E-state index contributed by atoms with van der Waals surface area (Å²) >= 11 is 4.03. The van der Waals surface area contributed by atoms with Crippen LogP contribution in [0.2, 0.25) is 0 Å². The standard InChI is InChI=1S/C22H18N6O3S3/c1-11-6-7-12-14(9-11)34-21(23-12)24-15(29)10-33-19-16-18(27(2)22(31)28(3)20(16)30)25-17(26-19)13-5-4-8-32-13/h4-9,16H,10H2,1-3H3/p+1. The molecule has 4 amide bonds. The lowest BCUT2D eigenvalue weighted by Gasteiger charge is -2.26. The Morgan fingerprint density at radius 2 is 2.09 bits per heavy atom. The summed E-state index contributed by atoms with van der Waals surface area (Å²) in [6, 6.07) is 9.22. The van der Waals surface area contributed by atoms with Crippen molar-refractivity contribution in [1.82, 2.24) is 9.88 Å². The van der Waals surface area contributed by atoms with E-state index in [-0.39, 0.29) is 11.7 Å². The van der Waals surface area contributed by atoms with Gasteiger partial charge in [-0.25, -0.2) is 14.8 Å². The first-order chi connectivity index (χ1) is 16.3. The minimum absolute atomic E-state index is 0.0317. The molecule has 34 heavy (non-hydrogen) atoms. The summed E-state index contributed by atoms with van der Waals surface area (Å²) in [7, 11) is 3.01. The molecule has 2 aliphatic heterocycles. The molecule has 0 radical (unpaired) electrons. The number of carbonyl (C=O) groups excluding carboxylic acids is 3. The van der Waals surface area contributed by atoms with Crippen LogP contribution in [0.3, 0.4) is 0 Å². The molecule has 1 unspecified atom stereocenters. The SMILES string of the molecule is Cc1ccc2nc(NC(=O)CSC3=NC(c4cccs4)=NC4=[N+](C)C(=O)N(C)C(=O)C34)sc2c1. The molecule has 1 atom stereocenters. The molecule has 172 valence electrons. The fourth-order valence-corrected chi connectivity index (χ4v) is 6.10. The van der Waals surface area contributed by atoms with Crippen molar-refractivity contribution in [2.45, 2.75) is 6.92 Å². The lowest BCUT2D eigenvalue weighted by atomic mass is 10.0. The number of thiazole rings is 1. The van der Waals surface area contributed by atoms with E-state index in [4.69, 9.17) is 0 Å². The van der Waals surface area contributed by atoms with E-state index in [2.05, 4.69) is 20.3 Å². The molecule has 12 heteroatoms. The minimum Gasteiger partial charge on any atom is -0.301 e. The normalized spacial score (nSPS) is 18.2. The van der Waals surface area contributed by atoms with Gasteiger partial charge >= 0.3 is 11.9 Å². The number of aliphatic imine (C=N–C) groups is 2. The number of aryl methyl sites for hydroxylation is 1. The van der Waals surface area contributed by atoms with Gasteiger partial charge in [0.25, 0.3) is 5.84 Å². The van der Waals surface area contributed by atoms with E-state index in [9.17, 15) is 14.4 Å². The fourth-order valence-electron chi connectivity index (χ4n) is 3.58. The van der Waals surface area contributed by atoms with Crippen LogP contribution in [-0.4, -0.2) is 68.9 Å². The second kappa shape index (κ2) is 8.85. The van der Waals surface area contributed by atoms with Gasteiger partial charge in [-0.15, -0.1) is 11.3 Å². The number of rotatable bonds is 4. The predicted octanol–water partition coefficient (Wildman–Crippen LogP) is 3.45. The van der Waals surface area contributed by atoms with Crippen LogP contribution in [0.15, 0.2) is 45.7 Å². The van der Waals surface area contributed by atoms with Crippen molar-refractivity contribution < 1.29 is 19.0 Å². The quantitative estimate of drug-likeness (QED) is 0.540. The Morgan fingerprint density at radius 3 is 2.85 bits per heavy atom. The van der Waals surface area contributed by atoms with Gasteiger partial charge in [-0.2, -0.15) is 9.48 Å². The van der Waals surface area contributed by atoms with E-state index in [1.54, 1.807) is 7.05 Å². The maximum Gasteiger partial charge on any atom is 0.445 e. The van der Waals surface area contributed by atoms with Crippen molar-refractivity contribution >= 4 is 84.3 Å². The predicted molar refractivity (Wildman–Crippen MR) is 137 cm³/mol. The van der Waals surface area contributed by atoms with Gasteiger partial charge in [0.05, 0.1) is 34.9 Å². The monoisotopic (exact) mass is 511 g/mol. The third-order valence-electron chi connectivity index (χ3n) is 5.32. The summed E-state index contributed by atoms with van der Waals surface area (Å²) in [5.74, 6) is -0.742. The molecule has 0 spiro atoms. The highest BCUT2D eigenvalue weighted by Crippen LogP contribution is 2.29. The maximum atomic E-state index is 13.0. The smallest absolute Gasteiger partial charge is 0.301 e. The van der Waals surface area contributed by atoms with Crippen LogP contribution in [-0.2, 0) is 9.59 Å². The first-order valence-corrected chi connectivity index (χ1v) is 12.9. The molecule has 5 rings (SSSR count). The van der Waals surface area contributed by atoms with Crippen molar-refractivity contribution in [3.05, 3.63) is 46.2 Å². The Kier molecular flexibility index (Phi) is 5.88. The van der Waals surface area contributed by atoms with Crippen molar-refractivity contribution in [2.75, 3.05) is 25.2 Å². The molecule has 0 fully saturated rings. The molecule has 3 aromatic rings. The average molecular weight is 512 g/mol. The van der Waals surface area contributed by atoms with Gasteiger partial charge < -0.3 is 5.32 Å². The number of anilines is 1. The number of hydrogen-bond acceptors (Lipinski definition) is 9. The first-order valence-electron chi connectivity index (χ1n) is 10.2. The van der Waals surface area contributed by atoms with Crippen LogP contribution in [0.1, 0.15) is 10.4 Å². The van der Waals surface area contributed by atoms with Crippen molar-refractivity contribution in [3.8, 4) is 0 Å². The van der Waals surface area contributed by atoms with Crippen LogP contribution < -0.4 is 5.32 Å². The Balaban J connectivity index is 1.39. The van der Waals surface area contributed by atoms with Crippen molar-refractivity contribution in [3.63, 3.8) is 0 Å². The summed E-state index contributed by atoms with van der Waals surface area (Å²) in [4.78, 5) is 53.6. The molecule has 2 aliphatic rings. The Bertz CT molecular complexity index is 1440. The number of benzene rings is 1. The van der Waals surface area contributed by atoms with Crippen LogP contribution in [0.5, 0.6) is 0 Å². The molecule has 0 aliphatic carbocycles. The number of amides is 4. The van der Waals surface area contributed by atoms with E-state index >= 15 is 0 Å². The summed E-state index contributed by atoms with van der Waals surface area (Å²) in [6.45, 7) is 2.01. The molecule has 0 bridgehead atoms. The number of fused-ring (bicyclic) bond motifs is 2. The number of thioether (sulfide) groups is 1. The van der Waals surface area contributed by atoms with Gasteiger partial charge in [-0.05, 0) is 36.1 Å². The van der Waals surface area contributed by atoms with E-state index < -0.39 is 17.9 Å². The summed E-state index contributed by atoms with van der Waals surface area (Å²) in [5.41, 5.74) is 1.95. The summed E-state index contributed by atoms with van der Waals surface area (Å²) < 4.78 is 2.36. The van der Waals surface area contributed by atoms with Gasteiger partial charge in [0.15, 0.2) is 11.0 Å². The number of hydrogen-bond donors (Lipinski definition) is 1. The number of carbonyl (C=O) groups is 3. The molecule has 1 aromatic carbocycles. The zero-order valence-corrected chi connectivity index (χ0v) is 20.9. The molecule has 0 saturated heterocycles. The number of amidine groups is 2. The van der Waals surface area contributed by atoms with E-state index in [0.29, 0.717) is 21.8 Å². The Morgan fingerprint density at radius 1 is 1.26 bits per heavy atom. The number of nitrogens with one attached hydrogen (secondary N) is 1. The number of aromatic nitrogens is 1. The van der Waals surface area contributed by atoms with Gasteiger partial charge in [-0.3, -0.25) is 9.59 Å². The van der Waals surface area contributed by atoms with Gasteiger partial charge in [0, 0.05) is 0 Å². The van der Waals surface area contributed by atoms with Crippen molar-refractivity contribution in [1.29, 1.82) is 0 Å². The average Bonchev–Trinajstić information content (AvgIpc) is 3.49. The van der Waals surface area contributed by atoms with E-state index in [1.165, 1.54) is 34.3 Å². The third kappa shape index (κ3) is 4.08. The van der Waals surface area contributed by atoms with Crippen LogP contribution in [0.4, 0.5) is 9.93 Å². The van der Waals surface area contributed by atoms with Gasteiger partial charge in [0.1, 0.15) is 5.04 Å². The van der Waals surface area contributed by atoms with E-state index in [0.717, 1.165) is 37.3 Å². The van der Waals surface area contributed by atoms with Crippen LogP contribution in [0.25, 0.3) is 10.2 Å². The highest BCUT2D eigenvalue weighted by Gasteiger charge is 2.49. The Labute approximate surface area is 206 Å². The largest absolute Gasteiger partial charge is 0.445 e. The zero-order valence-electron chi connectivity index (χ0n) is 18.4. The molecule has 2 aromatic heterocycles. The molecule has 4 heterocycles. The Hall–Kier alpha value is -3.22. The number of nitrogens with zero attached hydrogens (tertiary/aromatic N) is 5. The van der Waals surface area contributed by atoms with Crippen LogP contribution >= 0.6 is 34.4 Å². The highest BCUT2D eigenvalue weighted by atomic mass is 32.2. The topological polar surface area (TPSA) is 107 Å². The minimum atomic E-state index is -0.834. The number of urea groups is 1. The lowest BCUT2D eigenvalue weighted by Crippen LogP contribution is -2.54. The second-order valence-corrected chi connectivity index (χ2v) is 10.7. The summed E-state index contributed by atoms with van der Waals surface area (Å²) in [5, 5.41) is 5.68. The first kappa shape index (κ1) is 22.6. The second-order valence-electron chi connectivity index (χ2n) is 7.72. The van der Waals surface area contributed by atoms with Crippen LogP contribution in [0, 0.1) is 12.8 Å². The number of thiophene rings is 1. The summed E-state index contributed by atoms with van der Waals surface area (Å²) in [6.07, 6.45) is 0. The zero-order chi connectivity index (χ0) is 24.0. The molecular formula is C22H19N6O3S3+. The fraction of sp³-hybridized carbons (Fsp3) is 0.227. The molecule has 0 saturated carbocycles. The molecular weight excluding hydrogens is 492 g/mol. The molecule has 9 nitrogen and oxygen atoms in total. The maximum absolute atomic E-state index is 13.0. The van der Waals surface area contributed by atoms with Gasteiger partial charge in [-0.1, -0.05) is 40.2 Å². The van der Waals surface area contributed by atoms with Crippen molar-refractivity contribution in [2.24, 2.45) is 15.9 Å². The number of imide groups is 1. The lowest BCUT2D eigenvalue weighted by molar-refractivity contribution is -0.407. The third-order valence-corrected chi connectivity index (χ3v) is 8.15. The van der Waals surface area contributed by atoms with Gasteiger partial charge in [0.2, 0.25) is 11.7 Å². The van der Waals surface area contributed by atoms with E-state index in [1.807, 2.05) is 42.6 Å².